The highest BCUT2D eigenvalue weighted by Crippen LogP contribution is 2.36. The van der Waals surface area contributed by atoms with Crippen molar-refractivity contribution < 1.29 is 19.1 Å². The van der Waals surface area contributed by atoms with Gasteiger partial charge in [0, 0.05) is 6.42 Å². The van der Waals surface area contributed by atoms with Gasteiger partial charge >= 0.3 is 6.09 Å². The number of carbonyl (C=O) groups is 2. The molecule has 1 heterocycles. The van der Waals surface area contributed by atoms with Crippen molar-refractivity contribution in [2.24, 2.45) is 5.92 Å². The number of hydrogen-bond donors (Lipinski definition) is 1. The Balaban J connectivity index is 2.40. The lowest BCUT2D eigenvalue weighted by Crippen LogP contribution is -2.41. The van der Waals surface area contributed by atoms with Crippen LogP contribution in [-0.2, 0) is 4.79 Å². The van der Waals surface area contributed by atoms with Gasteiger partial charge in [0.05, 0.1) is 12.1 Å². The summed E-state index contributed by atoms with van der Waals surface area (Å²) < 4.78 is 13.3. The summed E-state index contributed by atoms with van der Waals surface area (Å²) >= 11 is 0. The van der Waals surface area contributed by atoms with Crippen LogP contribution < -0.4 is 0 Å². The number of carbonyl (C=O) groups excluding carboxylic acids is 1. The van der Waals surface area contributed by atoms with Crippen LogP contribution in [0.25, 0.3) is 0 Å². The van der Waals surface area contributed by atoms with E-state index in [4.69, 9.17) is 0 Å². The summed E-state index contributed by atoms with van der Waals surface area (Å²) in [4.78, 5) is 24.6. The molecule has 0 bridgehead atoms. The number of carboxylic acid groups (broad SMARTS) is 1. The Kier molecular flexibility index (Phi) is 3.55. The molecule has 5 heteroatoms. The first-order valence-corrected chi connectivity index (χ1v) is 6.21. The zero-order valence-electron chi connectivity index (χ0n) is 10.8. The predicted molar refractivity (Wildman–Crippen MR) is 67.3 cm³/mol. The fraction of sp³-hybridized carbons (Fsp3) is 0.429. The smallest absolute Gasteiger partial charge is 0.408 e. The molecule has 19 heavy (non-hydrogen) atoms. The number of nitrogens with zero attached hydrogens (tertiary/aromatic N) is 1. The highest BCUT2D eigenvalue weighted by atomic mass is 19.1. The molecule has 2 rings (SSSR count). The lowest BCUT2D eigenvalue weighted by molar-refractivity contribution is -0.120. The second-order valence-corrected chi connectivity index (χ2v) is 5.12. The maximum Gasteiger partial charge on any atom is 0.408 e. The molecule has 1 N–H and O–H groups in total. The molecule has 0 saturated carbocycles. The number of halogens is 1. The lowest BCUT2D eigenvalue weighted by Gasteiger charge is -2.28. The van der Waals surface area contributed by atoms with E-state index in [-0.39, 0.29) is 18.1 Å². The molecule has 1 aliphatic rings. The molecule has 1 fully saturated rings. The summed E-state index contributed by atoms with van der Waals surface area (Å²) in [5.74, 6) is -0.628. The molecule has 1 aromatic rings. The number of Topliss-reactive ketones (excluding diaryl/α,β-unsaturated/α-hetero) is 1. The van der Waals surface area contributed by atoms with Crippen LogP contribution in [0, 0.1) is 11.7 Å². The third-order valence-corrected chi connectivity index (χ3v) is 3.45. The summed E-state index contributed by atoms with van der Waals surface area (Å²) in [5.41, 5.74) is 0.527. The second-order valence-electron chi connectivity index (χ2n) is 5.12. The summed E-state index contributed by atoms with van der Waals surface area (Å²) in [7, 11) is 0. The Morgan fingerprint density at radius 2 is 2.16 bits per heavy atom. The van der Waals surface area contributed by atoms with Gasteiger partial charge in [-0.25, -0.2) is 9.18 Å². The van der Waals surface area contributed by atoms with Gasteiger partial charge in [0.1, 0.15) is 5.82 Å². The summed E-state index contributed by atoms with van der Waals surface area (Å²) in [5, 5.41) is 9.33. The highest BCUT2D eigenvalue weighted by molar-refractivity contribution is 5.91. The van der Waals surface area contributed by atoms with Crippen LogP contribution >= 0.6 is 0 Å². The van der Waals surface area contributed by atoms with Gasteiger partial charge in [0.15, 0.2) is 5.78 Å². The zero-order chi connectivity index (χ0) is 14.2. The first-order valence-electron chi connectivity index (χ1n) is 6.21. The molecule has 1 saturated heterocycles. The van der Waals surface area contributed by atoms with E-state index < -0.39 is 24.0 Å². The Morgan fingerprint density at radius 1 is 1.47 bits per heavy atom. The molecule has 1 amide bonds. The highest BCUT2D eigenvalue weighted by Gasteiger charge is 2.45. The monoisotopic (exact) mass is 265 g/mol. The minimum Gasteiger partial charge on any atom is -0.465 e. The molecule has 1 aromatic carbocycles. The molecular formula is C14H16FNO3. The van der Waals surface area contributed by atoms with Crippen molar-refractivity contribution in [3.05, 3.63) is 35.6 Å². The van der Waals surface area contributed by atoms with Crippen LogP contribution in [0.1, 0.15) is 31.9 Å². The van der Waals surface area contributed by atoms with Gasteiger partial charge in [-0.05, 0) is 23.6 Å². The number of amides is 1. The second kappa shape index (κ2) is 4.99. The molecule has 0 unspecified atom stereocenters. The standard InChI is InChI=1S/C14H16FNO3/c1-8(2)13-12(17)7-11(16(13)14(18)19)9-4-3-5-10(15)6-9/h3-6,8,11,13H,7H2,1-2H3,(H,18,19)/t11-,13-/m0/s1. The van der Waals surface area contributed by atoms with E-state index in [1.165, 1.54) is 18.2 Å². The third kappa shape index (κ3) is 2.45. The van der Waals surface area contributed by atoms with Crippen molar-refractivity contribution in [3.8, 4) is 0 Å². The summed E-state index contributed by atoms with van der Waals surface area (Å²) in [6, 6.07) is 4.53. The van der Waals surface area contributed by atoms with Crippen molar-refractivity contribution >= 4 is 11.9 Å². The van der Waals surface area contributed by atoms with Crippen LogP contribution in [-0.4, -0.2) is 27.9 Å². The SMILES string of the molecule is CC(C)[C@H]1C(=O)C[C@@H](c2cccc(F)c2)N1C(=O)O. The van der Waals surface area contributed by atoms with Gasteiger partial charge in [-0.3, -0.25) is 9.69 Å². The molecule has 2 atom stereocenters. The van der Waals surface area contributed by atoms with Gasteiger partial charge < -0.3 is 5.11 Å². The number of likely N-dealkylation sites (tertiary alicyclic amines) is 1. The number of hydrogen-bond acceptors (Lipinski definition) is 2. The van der Waals surface area contributed by atoms with Gasteiger partial charge in [0.2, 0.25) is 0 Å². The van der Waals surface area contributed by atoms with E-state index >= 15 is 0 Å². The average molecular weight is 265 g/mol. The van der Waals surface area contributed by atoms with Gasteiger partial charge in [-0.15, -0.1) is 0 Å². The predicted octanol–water partition coefficient (Wildman–Crippen LogP) is 2.84. The molecule has 1 aliphatic heterocycles. The Labute approximate surface area is 110 Å². The Hall–Kier alpha value is -1.91. The fourth-order valence-electron chi connectivity index (χ4n) is 2.70. The van der Waals surface area contributed by atoms with E-state index in [0.717, 1.165) is 4.90 Å². The number of rotatable bonds is 2. The molecule has 4 nitrogen and oxygen atoms in total. The van der Waals surface area contributed by atoms with E-state index in [0.29, 0.717) is 5.56 Å². The van der Waals surface area contributed by atoms with Crippen LogP contribution in [0.5, 0.6) is 0 Å². The number of ketones is 1. The molecule has 0 aromatic heterocycles. The molecular weight excluding hydrogens is 249 g/mol. The molecule has 0 aliphatic carbocycles. The molecule has 0 radical (unpaired) electrons. The van der Waals surface area contributed by atoms with Crippen molar-refractivity contribution in [1.82, 2.24) is 4.90 Å². The minimum absolute atomic E-state index is 0.0952. The lowest BCUT2D eigenvalue weighted by atomic mass is 10.0. The topological polar surface area (TPSA) is 57.6 Å². The minimum atomic E-state index is -1.14. The van der Waals surface area contributed by atoms with Crippen molar-refractivity contribution in [3.63, 3.8) is 0 Å². The van der Waals surface area contributed by atoms with E-state index in [9.17, 15) is 19.1 Å². The molecule has 102 valence electrons. The van der Waals surface area contributed by atoms with Crippen LogP contribution in [0.2, 0.25) is 0 Å². The summed E-state index contributed by atoms with van der Waals surface area (Å²) in [6.45, 7) is 3.62. The van der Waals surface area contributed by atoms with Crippen LogP contribution in [0.4, 0.5) is 9.18 Å². The maximum absolute atomic E-state index is 13.3. The summed E-state index contributed by atoms with van der Waals surface area (Å²) in [6.07, 6.45) is -1.03. The average Bonchev–Trinajstić information content (AvgIpc) is 2.67. The number of benzene rings is 1. The van der Waals surface area contributed by atoms with Crippen molar-refractivity contribution in [2.45, 2.75) is 32.4 Å². The van der Waals surface area contributed by atoms with E-state index in [1.807, 2.05) is 13.8 Å². The van der Waals surface area contributed by atoms with Gasteiger partial charge in [0.25, 0.3) is 0 Å². The largest absolute Gasteiger partial charge is 0.465 e. The quantitative estimate of drug-likeness (QED) is 0.894. The van der Waals surface area contributed by atoms with E-state index in [1.54, 1.807) is 6.07 Å². The molecule has 0 spiro atoms. The Morgan fingerprint density at radius 3 is 2.68 bits per heavy atom. The first kappa shape index (κ1) is 13.5. The van der Waals surface area contributed by atoms with E-state index in [2.05, 4.69) is 0 Å². The third-order valence-electron chi connectivity index (χ3n) is 3.45. The normalized spacial score (nSPS) is 23.2. The fourth-order valence-corrected chi connectivity index (χ4v) is 2.70. The Bertz CT molecular complexity index is 515. The van der Waals surface area contributed by atoms with Gasteiger partial charge in [-0.2, -0.15) is 0 Å². The van der Waals surface area contributed by atoms with Crippen molar-refractivity contribution in [1.29, 1.82) is 0 Å². The first-order chi connectivity index (χ1) is 8.91. The van der Waals surface area contributed by atoms with Crippen LogP contribution in [0.3, 0.4) is 0 Å². The maximum atomic E-state index is 13.3. The van der Waals surface area contributed by atoms with Crippen molar-refractivity contribution in [2.75, 3.05) is 0 Å². The zero-order valence-corrected chi connectivity index (χ0v) is 10.8. The van der Waals surface area contributed by atoms with Gasteiger partial charge in [-0.1, -0.05) is 26.0 Å². The van der Waals surface area contributed by atoms with Crippen LogP contribution in [0.15, 0.2) is 24.3 Å².